The quantitative estimate of drug-likeness (QED) is 0.370. The number of hydrogen-bond donors (Lipinski definition) is 1. The van der Waals surface area contributed by atoms with Gasteiger partial charge in [0.1, 0.15) is 5.69 Å². The van der Waals surface area contributed by atoms with Crippen LogP contribution in [-0.2, 0) is 0 Å². The van der Waals surface area contributed by atoms with Crippen LogP contribution in [0.2, 0.25) is 5.02 Å². The third kappa shape index (κ3) is 3.15. The maximum absolute atomic E-state index is 10.7. The molecule has 0 heterocycles. The SMILES string of the molecule is C#CCCNc1ccc(Cl)cc1[N+](=O)[O-]. The van der Waals surface area contributed by atoms with Crippen molar-refractivity contribution in [1.82, 2.24) is 0 Å². The summed E-state index contributed by atoms with van der Waals surface area (Å²) < 4.78 is 0. The highest BCUT2D eigenvalue weighted by molar-refractivity contribution is 6.30. The van der Waals surface area contributed by atoms with Crippen LogP contribution in [0.4, 0.5) is 11.4 Å². The monoisotopic (exact) mass is 224 g/mol. The molecule has 0 spiro atoms. The number of nitro groups is 1. The number of hydrogen-bond acceptors (Lipinski definition) is 3. The third-order valence-electron chi connectivity index (χ3n) is 1.74. The molecule has 4 nitrogen and oxygen atoms in total. The van der Waals surface area contributed by atoms with E-state index in [1.807, 2.05) is 0 Å². The number of rotatable bonds is 4. The Labute approximate surface area is 92.4 Å². The summed E-state index contributed by atoms with van der Waals surface area (Å²) in [5.41, 5.74) is 0.388. The number of nitrogens with one attached hydrogen (secondary N) is 1. The molecular weight excluding hydrogens is 216 g/mol. The van der Waals surface area contributed by atoms with Crippen LogP contribution in [0.15, 0.2) is 18.2 Å². The van der Waals surface area contributed by atoms with Crippen LogP contribution in [0.1, 0.15) is 6.42 Å². The van der Waals surface area contributed by atoms with Gasteiger partial charge in [-0.1, -0.05) is 11.6 Å². The zero-order valence-corrected chi connectivity index (χ0v) is 8.62. The molecule has 0 atom stereocenters. The number of halogens is 1. The van der Waals surface area contributed by atoms with Gasteiger partial charge in [0.15, 0.2) is 0 Å². The first kappa shape index (κ1) is 11.3. The molecule has 0 aliphatic carbocycles. The second-order valence-electron chi connectivity index (χ2n) is 2.80. The van der Waals surface area contributed by atoms with Crippen molar-refractivity contribution in [2.24, 2.45) is 0 Å². The Morgan fingerprint density at radius 3 is 2.93 bits per heavy atom. The van der Waals surface area contributed by atoms with Crippen LogP contribution in [0.3, 0.4) is 0 Å². The van der Waals surface area contributed by atoms with E-state index < -0.39 is 4.92 Å². The molecule has 78 valence electrons. The molecule has 0 aliphatic heterocycles. The zero-order chi connectivity index (χ0) is 11.3. The molecule has 0 saturated heterocycles. The molecule has 1 aromatic rings. The van der Waals surface area contributed by atoms with Gasteiger partial charge in [-0.05, 0) is 12.1 Å². The molecular formula is C10H9ClN2O2. The van der Waals surface area contributed by atoms with Crippen molar-refractivity contribution in [1.29, 1.82) is 0 Å². The molecule has 0 amide bonds. The van der Waals surface area contributed by atoms with Gasteiger partial charge in [0.05, 0.1) is 4.92 Å². The molecule has 1 N–H and O–H groups in total. The van der Waals surface area contributed by atoms with E-state index in [2.05, 4.69) is 11.2 Å². The van der Waals surface area contributed by atoms with Crippen LogP contribution >= 0.6 is 11.6 Å². The number of anilines is 1. The van der Waals surface area contributed by atoms with Gasteiger partial charge in [0.2, 0.25) is 0 Å². The minimum atomic E-state index is -0.482. The van der Waals surface area contributed by atoms with Crippen molar-refractivity contribution < 1.29 is 4.92 Å². The molecule has 0 radical (unpaired) electrons. The average molecular weight is 225 g/mol. The predicted octanol–water partition coefficient (Wildman–Crippen LogP) is 2.68. The van der Waals surface area contributed by atoms with Gasteiger partial charge in [-0.15, -0.1) is 12.3 Å². The first-order chi connectivity index (χ1) is 7.15. The number of terminal acetylenes is 1. The Kier molecular flexibility index (Phi) is 3.95. The highest BCUT2D eigenvalue weighted by atomic mass is 35.5. The number of nitrogens with zero attached hydrogens (tertiary/aromatic N) is 1. The highest BCUT2D eigenvalue weighted by Gasteiger charge is 2.13. The van der Waals surface area contributed by atoms with E-state index in [4.69, 9.17) is 18.0 Å². The number of benzene rings is 1. The average Bonchev–Trinajstić information content (AvgIpc) is 2.20. The van der Waals surface area contributed by atoms with E-state index >= 15 is 0 Å². The normalized spacial score (nSPS) is 9.33. The minimum Gasteiger partial charge on any atom is -0.379 e. The predicted molar refractivity (Wildman–Crippen MR) is 60.0 cm³/mol. The lowest BCUT2D eigenvalue weighted by atomic mass is 10.2. The fraction of sp³-hybridized carbons (Fsp3) is 0.200. The highest BCUT2D eigenvalue weighted by Crippen LogP contribution is 2.27. The fourth-order valence-electron chi connectivity index (χ4n) is 1.07. The van der Waals surface area contributed by atoms with Crippen LogP contribution in [0.25, 0.3) is 0 Å². The van der Waals surface area contributed by atoms with E-state index in [1.54, 1.807) is 12.1 Å². The van der Waals surface area contributed by atoms with Gasteiger partial charge in [-0.25, -0.2) is 0 Å². The van der Waals surface area contributed by atoms with Crippen LogP contribution < -0.4 is 5.32 Å². The van der Waals surface area contributed by atoms with Gasteiger partial charge >= 0.3 is 0 Å². The lowest BCUT2D eigenvalue weighted by molar-refractivity contribution is -0.383. The van der Waals surface area contributed by atoms with Gasteiger partial charge in [-0.2, -0.15) is 0 Å². The molecule has 0 saturated carbocycles. The Hall–Kier alpha value is -1.73. The van der Waals surface area contributed by atoms with Crippen molar-refractivity contribution in [3.05, 3.63) is 33.3 Å². The maximum Gasteiger partial charge on any atom is 0.293 e. The summed E-state index contributed by atoms with van der Waals surface area (Å²) in [4.78, 5) is 10.2. The standard InChI is InChI=1S/C10H9ClN2O2/c1-2-3-6-12-9-5-4-8(11)7-10(9)13(14)15/h1,4-5,7,12H,3,6H2. The fourth-order valence-corrected chi connectivity index (χ4v) is 1.24. The molecule has 1 aromatic carbocycles. The summed E-state index contributed by atoms with van der Waals surface area (Å²) in [7, 11) is 0. The number of nitro benzene ring substituents is 1. The smallest absolute Gasteiger partial charge is 0.293 e. The molecule has 0 fully saturated rings. The lowest BCUT2D eigenvalue weighted by Gasteiger charge is -2.04. The van der Waals surface area contributed by atoms with Gasteiger partial charge in [0.25, 0.3) is 5.69 Å². The lowest BCUT2D eigenvalue weighted by Crippen LogP contribution is -2.03. The largest absolute Gasteiger partial charge is 0.379 e. The second-order valence-corrected chi connectivity index (χ2v) is 3.24. The van der Waals surface area contributed by atoms with Crippen molar-refractivity contribution >= 4 is 23.0 Å². The van der Waals surface area contributed by atoms with E-state index in [-0.39, 0.29) is 5.69 Å². The summed E-state index contributed by atoms with van der Waals surface area (Å²) in [6.07, 6.45) is 5.58. The molecule has 0 aliphatic rings. The Bertz CT molecular complexity index is 412. The Morgan fingerprint density at radius 2 is 2.33 bits per heavy atom. The van der Waals surface area contributed by atoms with Gasteiger partial charge in [-0.3, -0.25) is 10.1 Å². The molecule has 0 bridgehead atoms. The minimum absolute atomic E-state index is 0.0421. The zero-order valence-electron chi connectivity index (χ0n) is 7.87. The molecule has 0 aromatic heterocycles. The van der Waals surface area contributed by atoms with Gasteiger partial charge < -0.3 is 5.32 Å². The summed E-state index contributed by atoms with van der Waals surface area (Å²) in [5.74, 6) is 2.44. The van der Waals surface area contributed by atoms with Crippen molar-refractivity contribution in [3.8, 4) is 12.3 Å². The third-order valence-corrected chi connectivity index (χ3v) is 1.98. The second kappa shape index (κ2) is 5.23. The summed E-state index contributed by atoms with van der Waals surface area (Å²) in [5, 5.41) is 13.9. The molecule has 5 heteroatoms. The van der Waals surface area contributed by atoms with Crippen molar-refractivity contribution in [2.75, 3.05) is 11.9 Å². The van der Waals surface area contributed by atoms with Crippen LogP contribution in [0, 0.1) is 22.5 Å². The first-order valence-electron chi connectivity index (χ1n) is 4.26. The van der Waals surface area contributed by atoms with E-state index in [9.17, 15) is 10.1 Å². The molecule has 15 heavy (non-hydrogen) atoms. The maximum atomic E-state index is 10.7. The van der Waals surface area contributed by atoms with Crippen LogP contribution in [-0.4, -0.2) is 11.5 Å². The topological polar surface area (TPSA) is 55.2 Å². The molecule has 0 unspecified atom stereocenters. The van der Waals surface area contributed by atoms with Crippen molar-refractivity contribution in [3.63, 3.8) is 0 Å². The van der Waals surface area contributed by atoms with E-state index in [0.717, 1.165) is 0 Å². The Morgan fingerprint density at radius 1 is 1.60 bits per heavy atom. The van der Waals surface area contributed by atoms with E-state index in [1.165, 1.54) is 6.07 Å². The van der Waals surface area contributed by atoms with Gasteiger partial charge in [0, 0.05) is 24.1 Å². The van der Waals surface area contributed by atoms with E-state index in [0.29, 0.717) is 23.7 Å². The molecule has 1 rings (SSSR count). The summed E-state index contributed by atoms with van der Waals surface area (Å²) >= 11 is 5.66. The van der Waals surface area contributed by atoms with Crippen molar-refractivity contribution in [2.45, 2.75) is 6.42 Å². The first-order valence-corrected chi connectivity index (χ1v) is 4.64. The van der Waals surface area contributed by atoms with Crippen LogP contribution in [0.5, 0.6) is 0 Å². The summed E-state index contributed by atoms with van der Waals surface area (Å²) in [6, 6.07) is 4.46. The Balaban J connectivity index is 2.87. The summed E-state index contributed by atoms with van der Waals surface area (Å²) in [6.45, 7) is 0.499.